The molecule has 1 aliphatic rings. The Balaban J connectivity index is 0.00000253. The maximum Gasteiger partial charge on any atom is 1.00 e. The third-order valence-corrected chi connectivity index (χ3v) is 6.76. The molecular formula is C30H27NNa2O5. The van der Waals surface area contributed by atoms with E-state index in [1.807, 2.05) is 60.7 Å². The van der Waals surface area contributed by atoms with Gasteiger partial charge in [-0.2, -0.15) is 0 Å². The third-order valence-electron chi connectivity index (χ3n) is 6.76. The van der Waals surface area contributed by atoms with Crippen LogP contribution in [0.15, 0.2) is 66.7 Å². The van der Waals surface area contributed by atoms with Crippen molar-refractivity contribution >= 4 is 28.6 Å². The number of carbonyl (C=O) groups is 3. The third kappa shape index (κ3) is 8.71. The summed E-state index contributed by atoms with van der Waals surface area (Å²) in [6, 6.07) is 19.2. The number of carbonyl (C=O) groups excluding carboxylic acids is 3. The van der Waals surface area contributed by atoms with Gasteiger partial charge in [-0.1, -0.05) is 79.8 Å². The first-order chi connectivity index (χ1) is 17.4. The van der Waals surface area contributed by atoms with Gasteiger partial charge in [-0.3, -0.25) is 4.79 Å². The van der Waals surface area contributed by atoms with Crippen LogP contribution in [0.5, 0.6) is 0 Å². The molecule has 1 atom stereocenters. The van der Waals surface area contributed by atoms with Crippen LogP contribution < -0.4 is 69.3 Å². The molecule has 0 bridgehead atoms. The molecule has 184 valence electrons. The first-order valence-electron chi connectivity index (χ1n) is 12.2. The van der Waals surface area contributed by atoms with Gasteiger partial charge in [-0.15, -0.1) is 0 Å². The Bertz CT molecular complexity index is 1320. The van der Waals surface area contributed by atoms with Gasteiger partial charge in [0.2, 0.25) is 0 Å². The first-order valence-corrected chi connectivity index (χ1v) is 12.2. The average molecular weight is 528 g/mol. The predicted molar refractivity (Wildman–Crippen MR) is 132 cm³/mol. The molecular weight excluding hydrogens is 500 g/mol. The molecule has 1 amide bonds. The quantitative estimate of drug-likeness (QED) is 0.232. The molecule has 0 heterocycles. The molecule has 0 aliphatic heterocycles. The summed E-state index contributed by atoms with van der Waals surface area (Å²) < 4.78 is 0. The predicted octanol–water partition coefficient (Wildman–Crippen LogP) is -3.81. The largest absolute Gasteiger partial charge is 1.00 e. The van der Waals surface area contributed by atoms with E-state index in [1.165, 1.54) is 24.8 Å². The summed E-state index contributed by atoms with van der Waals surface area (Å²) in [5.74, 6) is 1.59. The van der Waals surface area contributed by atoms with E-state index in [2.05, 4.69) is 11.8 Å². The van der Waals surface area contributed by atoms with E-state index in [9.17, 15) is 24.6 Å². The summed E-state index contributed by atoms with van der Waals surface area (Å²) in [7, 11) is 0. The maximum atomic E-state index is 12.9. The number of carboxylic acids is 2. The number of amides is 1. The summed E-state index contributed by atoms with van der Waals surface area (Å²) in [5.41, 5.74) is 2.44. The number of nitrogens with zero attached hydrogens (tertiary/aromatic N) is 1. The zero-order valence-electron chi connectivity index (χ0n) is 21.9. The topological polar surface area (TPSA) is 101 Å². The number of fused-ring (bicyclic) bond motifs is 1. The van der Waals surface area contributed by atoms with Crippen molar-refractivity contribution in [3.05, 3.63) is 83.4 Å². The van der Waals surface area contributed by atoms with Crippen molar-refractivity contribution in [3.8, 4) is 11.8 Å². The van der Waals surface area contributed by atoms with Gasteiger partial charge < -0.3 is 24.7 Å². The Morgan fingerprint density at radius 3 is 2.16 bits per heavy atom. The van der Waals surface area contributed by atoms with Crippen molar-refractivity contribution in [3.63, 3.8) is 0 Å². The minimum Gasteiger partial charge on any atom is -0.548 e. The molecule has 0 aromatic heterocycles. The molecule has 1 saturated carbocycles. The smallest absolute Gasteiger partial charge is 0.548 e. The van der Waals surface area contributed by atoms with E-state index in [4.69, 9.17) is 0 Å². The number of hydrogen-bond acceptors (Lipinski definition) is 5. The molecule has 0 saturated heterocycles. The van der Waals surface area contributed by atoms with Gasteiger partial charge in [0, 0.05) is 11.5 Å². The van der Waals surface area contributed by atoms with E-state index in [0.29, 0.717) is 21.9 Å². The molecule has 38 heavy (non-hydrogen) atoms. The minimum absolute atomic E-state index is 0. The van der Waals surface area contributed by atoms with Crippen LogP contribution in [0.25, 0.3) is 10.8 Å². The van der Waals surface area contributed by atoms with Gasteiger partial charge in [-0.05, 0) is 59.2 Å². The summed E-state index contributed by atoms with van der Waals surface area (Å²) >= 11 is 0. The van der Waals surface area contributed by atoms with Crippen LogP contribution in [0.1, 0.15) is 54.7 Å². The Morgan fingerprint density at radius 1 is 0.868 bits per heavy atom. The Morgan fingerprint density at radius 2 is 1.53 bits per heavy atom. The number of rotatable bonds is 7. The van der Waals surface area contributed by atoms with Crippen LogP contribution >= 0.6 is 0 Å². The monoisotopic (exact) mass is 527 g/mol. The molecule has 1 unspecified atom stereocenters. The fourth-order valence-electron chi connectivity index (χ4n) is 4.83. The maximum absolute atomic E-state index is 12.9. The zero-order valence-corrected chi connectivity index (χ0v) is 25.9. The second-order valence-electron chi connectivity index (χ2n) is 9.23. The minimum atomic E-state index is -1.57. The van der Waals surface area contributed by atoms with Gasteiger partial charge in [0.1, 0.15) is 0 Å². The molecule has 1 fully saturated rings. The normalized spacial score (nSPS) is 13.7. The van der Waals surface area contributed by atoms with Crippen LogP contribution in [-0.2, 0) is 20.8 Å². The van der Waals surface area contributed by atoms with E-state index in [0.717, 1.165) is 23.6 Å². The van der Waals surface area contributed by atoms with Crippen molar-refractivity contribution in [2.45, 2.75) is 50.5 Å². The molecule has 8 heteroatoms. The standard InChI is InChI=1S/C30H29NO5.2Na/c32-28(17-13-21-10-14-24-8-4-5-9-26(24)18-21)31(20-29(33)34)27(30(35)36)19-22-11-15-25(16-12-22)23-6-2-1-3-7-23;;/h4-5,8-12,14-16,18,23,27H,1-3,6-7,19-20H2,(H,33,34)(H,35,36);;/q;2*+1/p-2. The molecule has 0 spiro atoms. The number of aliphatic carboxylic acids is 2. The van der Waals surface area contributed by atoms with E-state index < -0.39 is 30.4 Å². The van der Waals surface area contributed by atoms with Crippen molar-refractivity contribution in [2.75, 3.05) is 6.54 Å². The summed E-state index contributed by atoms with van der Waals surface area (Å²) in [6.45, 7) is -0.899. The van der Waals surface area contributed by atoms with Gasteiger partial charge in [0.15, 0.2) is 0 Å². The van der Waals surface area contributed by atoms with Crippen molar-refractivity contribution in [2.24, 2.45) is 0 Å². The van der Waals surface area contributed by atoms with E-state index in [1.54, 1.807) is 6.07 Å². The van der Waals surface area contributed by atoms with E-state index >= 15 is 0 Å². The number of carboxylic acid groups (broad SMARTS) is 2. The Kier molecular flexibility index (Phi) is 13.1. The van der Waals surface area contributed by atoms with Crippen molar-refractivity contribution in [1.29, 1.82) is 0 Å². The molecule has 3 aromatic rings. The number of hydrogen-bond donors (Lipinski definition) is 0. The summed E-state index contributed by atoms with van der Waals surface area (Å²) in [5, 5.41) is 25.3. The fourth-order valence-corrected chi connectivity index (χ4v) is 4.83. The van der Waals surface area contributed by atoms with Crippen LogP contribution in [0.4, 0.5) is 0 Å². The van der Waals surface area contributed by atoms with Crippen LogP contribution in [0.3, 0.4) is 0 Å². The molecule has 3 aromatic carbocycles. The summed E-state index contributed by atoms with van der Waals surface area (Å²) in [4.78, 5) is 37.0. The van der Waals surface area contributed by atoms with Crippen LogP contribution in [0.2, 0.25) is 0 Å². The van der Waals surface area contributed by atoms with Gasteiger partial charge in [-0.25, -0.2) is 0 Å². The van der Waals surface area contributed by atoms with Gasteiger partial charge in [0.25, 0.3) is 5.91 Å². The zero-order chi connectivity index (χ0) is 25.5. The molecule has 0 radical (unpaired) electrons. The molecule has 6 nitrogen and oxygen atoms in total. The second-order valence-corrected chi connectivity index (χ2v) is 9.23. The van der Waals surface area contributed by atoms with Gasteiger partial charge in [0.05, 0.1) is 24.5 Å². The van der Waals surface area contributed by atoms with Crippen LogP contribution in [-0.4, -0.2) is 35.3 Å². The van der Waals surface area contributed by atoms with Crippen molar-refractivity contribution < 1.29 is 83.7 Å². The molecule has 4 rings (SSSR count). The molecule has 0 N–H and O–H groups in total. The van der Waals surface area contributed by atoms with Crippen LogP contribution in [0, 0.1) is 11.8 Å². The Labute approximate surface area is 267 Å². The van der Waals surface area contributed by atoms with Gasteiger partial charge >= 0.3 is 59.1 Å². The fraction of sp³-hybridized carbons (Fsp3) is 0.300. The first kappa shape index (κ1) is 32.1. The molecule has 1 aliphatic carbocycles. The Hall–Kier alpha value is -2.11. The second kappa shape index (κ2) is 15.5. The van der Waals surface area contributed by atoms with Crippen molar-refractivity contribution in [1.82, 2.24) is 4.90 Å². The SMILES string of the molecule is O=C([O-])CN(C(=O)C#Cc1ccc2ccccc2c1)C(Cc1ccc(C2CCCCC2)cc1)C(=O)[O-].[Na+].[Na+]. The average Bonchev–Trinajstić information content (AvgIpc) is 2.89. The van der Waals surface area contributed by atoms with E-state index in [-0.39, 0.29) is 65.5 Å². The summed E-state index contributed by atoms with van der Waals surface area (Å²) in [6.07, 6.45) is 5.87. The number of benzene rings is 3.